The lowest BCUT2D eigenvalue weighted by atomic mass is 9.96. The van der Waals surface area contributed by atoms with E-state index in [0.717, 1.165) is 49.4 Å². The zero-order valence-corrected chi connectivity index (χ0v) is 12.7. The van der Waals surface area contributed by atoms with Gasteiger partial charge in [-0.25, -0.2) is 8.78 Å². The van der Waals surface area contributed by atoms with E-state index in [-0.39, 0.29) is 24.1 Å². The Kier molecular flexibility index (Phi) is 4.70. The van der Waals surface area contributed by atoms with Crippen LogP contribution in [0.25, 0.3) is 0 Å². The van der Waals surface area contributed by atoms with Gasteiger partial charge in [0.05, 0.1) is 0 Å². The molecule has 1 fully saturated rings. The first-order chi connectivity index (χ1) is 11.1. The first kappa shape index (κ1) is 15.7. The number of ether oxygens (including phenoxy) is 1. The zero-order valence-electron chi connectivity index (χ0n) is 12.7. The van der Waals surface area contributed by atoms with Crippen LogP contribution in [-0.2, 0) is 6.61 Å². The highest BCUT2D eigenvalue weighted by Crippen LogP contribution is 2.28. The fraction of sp³-hybridized carbons (Fsp3) is 0.316. The van der Waals surface area contributed by atoms with E-state index in [1.807, 2.05) is 0 Å². The lowest BCUT2D eigenvalue weighted by Gasteiger charge is -2.10. The molecule has 0 bridgehead atoms. The minimum absolute atomic E-state index is 0.115. The molecule has 0 heterocycles. The molecule has 0 aliphatic heterocycles. The van der Waals surface area contributed by atoms with Crippen LogP contribution in [0.5, 0.6) is 5.75 Å². The van der Waals surface area contributed by atoms with Crippen LogP contribution in [0.1, 0.15) is 41.6 Å². The van der Waals surface area contributed by atoms with Gasteiger partial charge in [0.1, 0.15) is 12.4 Å². The molecule has 0 spiro atoms. The van der Waals surface area contributed by atoms with Crippen LogP contribution in [0.15, 0.2) is 42.5 Å². The Morgan fingerprint density at radius 1 is 1.04 bits per heavy atom. The topological polar surface area (TPSA) is 26.3 Å². The predicted octanol–water partition coefficient (Wildman–Crippen LogP) is 4.92. The molecule has 0 amide bonds. The molecule has 4 heteroatoms. The van der Waals surface area contributed by atoms with Crippen molar-refractivity contribution in [1.82, 2.24) is 0 Å². The smallest absolute Gasteiger partial charge is 0.165 e. The van der Waals surface area contributed by atoms with Gasteiger partial charge in [0, 0.05) is 17.5 Å². The second kappa shape index (κ2) is 6.90. The molecule has 0 atom stereocenters. The van der Waals surface area contributed by atoms with Crippen molar-refractivity contribution in [3.8, 4) is 5.75 Å². The zero-order chi connectivity index (χ0) is 16.2. The fourth-order valence-electron chi connectivity index (χ4n) is 2.94. The maximum atomic E-state index is 13.5. The molecule has 0 aromatic heterocycles. The fourth-order valence-corrected chi connectivity index (χ4v) is 2.94. The number of carbonyl (C=O) groups excluding carboxylic acids is 1. The molecular weight excluding hydrogens is 298 g/mol. The Labute approximate surface area is 134 Å². The molecule has 23 heavy (non-hydrogen) atoms. The van der Waals surface area contributed by atoms with Crippen molar-refractivity contribution in [1.29, 1.82) is 0 Å². The van der Waals surface area contributed by atoms with Crippen LogP contribution in [0.4, 0.5) is 8.78 Å². The van der Waals surface area contributed by atoms with Crippen LogP contribution in [0.2, 0.25) is 0 Å². The molecule has 0 saturated heterocycles. The summed E-state index contributed by atoms with van der Waals surface area (Å²) in [5.74, 6) is -0.904. The Morgan fingerprint density at radius 2 is 1.74 bits per heavy atom. The van der Waals surface area contributed by atoms with Crippen molar-refractivity contribution in [3.63, 3.8) is 0 Å². The van der Waals surface area contributed by atoms with E-state index in [1.165, 1.54) is 0 Å². The molecule has 1 aliphatic rings. The third kappa shape index (κ3) is 3.76. The van der Waals surface area contributed by atoms with Crippen LogP contribution < -0.4 is 4.74 Å². The molecule has 3 rings (SSSR count). The summed E-state index contributed by atoms with van der Waals surface area (Å²) in [6.45, 7) is 0.123. The summed E-state index contributed by atoms with van der Waals surface area (Å²) in [5.41, 5.74) is 1.51. The van der Waals surface area contributed by atoms with E-state index in [2.05, 4.69) is 0 Å². The van der Waals surface area contributed by atoms with Crippen LogP contribution >= 0.6 is 0 Å². The molecule has 120 valence electrons. The van der Waals surface area contributed by atoms with Gasteiger partial charge in [0.25, 0.3) is 0 Å². The largest absolute Gasteiger partial charge is 0.486 e. The third-order valence-electron chi connectivity index (χ3n) is 4.25. The highest BCUT2D eigenvalue weighted by Gasteiger charge is 2.23. The van der Waals surface area contributed by atoms with Gasteiger partial charge in [-0.2, -0.15) is 0 Å². The van der Waals surface area contributed by atoms with Gasteiger partial charge in [-0.05, 0) is 30.5 Å². The first-order valence-electron chi connectivity index (χ1n) is 7.84. The van der Waals surface area contributed by atoms with E-state index in [9.17, 15) is 13.6 Å². The number of halogens is 2. The maximum Gasteiger partial charge on any atom is 0.165 e. The highest BCUT2D eigenvalue weighted by atomic mass is 19.1. The molecule has 2 nitrogen and oxygen atoms in total. The number of carbonyl (C=O) groups is 1. The van der Waals surface area contributed by atoms with Crippen LogP contribution in [0.3, 0.4) is 0 Å². The Bertz CT molecular complexity index is 689. The van der Waals surface area contributed by atoms with Crippen molar-refractivity contribution in [2.24, 2.45) is 5.92 Å². The molecule has 1 aliphatic carbocycles. The van der Waals surface area contributed by atoms with Crippen molar-refractivity contribution < 1.29 is 18.3 Å². The van der Waals surface area contributed by atoms with Gasteiger partial charge >= 0.3 is 0 Å². The molecule has 0 radical (unpaired) electrons. The Balaban J connectivity index is 1.63. The second-order valence-electron chi connectivity index (χ2n) is 5.91. The Morgan fingerprint density at radius 3 is 2.43 bits per heavy atom. The quantitative estimate of drug-likeness (QED) is 0.732. The molecular formula is C19H18F2O2. The summed E-state index contributed by atoms with van der Waals surface area (Å²) in [6, 6.07) is 10.2. The van der Waals surface area contributed by atoms with Crippen molar-refractivity contribution >= 4 is 5.78 Å². The van der Waals surface area contributed by atoms with E-state index < -0.39 is 11.6 Å². The van der Waals surface area contributed by atoms with E-state index in [0.29, 0.717) is 5.56 Å². The van der Waals surface area contributed by atoms with Crippen molar-refractivity contribution in [2.45, 2.75) is 32.3 Å². The summed E-state index contributed by atoms with van der Waals surface area (Å²) in [6.07, 6.45) is 4.20. The van der Waals surface area contributed by atoms with E-state index in [4.69, 9.17) is 4.74 Å². The minimum atomic E-state index is -0.598. The normalized spacial score (nSPS) is 14.9. The predicted molar refractivity (Wildman–Crippen MR) is 83.4 cm³/mol. The standard InChI is InChI=1S/C19H18F2O2/c20-16-9-10-17(21)18(11-16)23-12-13-5-7-15(8-6-13)19(22)14-3-1-2-4-14/h5-11,14H,1-4,12H2. The van der Waals surface area contributed by atoms with Gasteiger partial charge in [0.15, 0.2) is 17.3 Å². The van der Waals surface area contributed by atoms with Gasteiger partial charge in [0.2, 0.25) is 0 Å². The summed E-state index contributed by atoms with van der Waals surface area (Å²) < 4.78 is 31.9. The molecule has 0 unspecified atom stereocenters. The first-order valence-corrected chi connectivity index (χ1v) is 7.84. The summed E-state index contributed by atoms with van der Waals surface area (Å²) in [5, 5.41) is 0. The Hall–Kier alpha value is -2.23. The van der Waals surface area contributed by atoms with Gasteiger partial charge in [-0.3, -0.25) is 4.79 Å². The molecule has 2 aromatic carbocycles. The number of benzene rings is 2. The molecule has 1 saturated carbocycles. The van der Waals surface area contributed by atoms with Crippen molar-refractivity contribution in [2.75, 3.05) is 0 Å². The molecule has 2 aromatic rings. The summed E-state index contributed by atoms with van der Waals surface area (Å²) >= 11 is 0. The average Bonchev–Trinajstić information content (AvgIpc) is 3.10. The highest BCUT2D eigenvalue weighted by molar-refractivity contribution is 5.98. The van der Waals surface area contributed by atoms with Crippen LogP contribution in [0, 0.1) is 17.6 Å². The summed E-state index contributed by atoms with van der Waals surface area (Å²) in [7, 11) is 0. The lowest BCUT2D eigenvalue weighted by Crippen LogP contribution is -2.11. The maximum absolute atomic E-state index is 13.5. The lowest BCUT2D eigenvalue weighted by molar-refractivity contribution is 0.0923. The SMILES string of the molecule is O=C(c1ccc(COc2cc(F)ccc2F)cc1)C1CCCC1. The number of hydrogen-bond donors (Lipinski definition) is 0. The van der Waals surface area contributed by atoms with Gasteiger partial charge in [-0.1, -0.05) is 37.1 Å². The number of ketones is 1. The van der Waals surface area contributed by atoms with Gasteiger partial charge < -0.3 is 4.74 Å². The van der Waals surface area contributed by atoms with Gasteiger partial charge in [-0.15, -0.1) is 0 Å². The number of rotatable bonds is 5. The van der Waals surface area contributed by atoms with Crippen molar-refractivity contribution in [3.05, 3.63) is 65.2 Å². The molecule has 0 N–H and O–H groups in total. The third-order valence-corrected chi connectivity index (χ3v) is 4.25. The number of Topliss-reactive ketones (excluding diaryl/α,β-unsaturated/α-hetero) is 1. The summed E-state index contributed by atoms with van der Waals surface area (Å²) in [4.78, 5) is 12.3. The van der Waals surface area contributed by atoms with E-state index in [1.54, 1.807) is 24.3 Å². The number of hydrogen-bond acceptors (Lipinski definition) is 2. The average molecular weight is 316 g/mol. The van der Waals surface area contributed by atoms with Crippen LogP contribution in [-0.4, -0.2) is 5.78 Å². The monoisotopic (exact) mass is 316 g/mol. The van der Waals surface area contributed by atoms with E-state index >= 15 is 0 Å². The second-order valence-corrected chi connectivity index (χ2v) is 5.91. The minimum Gasteiger partial charge on any atom is -0.486 e.